The van der Waals surface area contributed by atoms with Crippen LogP contribution in [0.1, 0.15) is 43.2 Å². The largest absolute Gasteiger partial charge is 0.494 e. The van der Waals surface area contributed by atoms with E-state index in [4.69, 9.17) is 14.2 Å². The molecule has 0 fully saturated rings. The molecule has 0 radical (unpaired) electrons. The first kappa shape index (κ1) is 25.6. The van der Waals surface area contributed by atoms with Crippen LogP contribution in [0.5, 0.6) is 11.5 Å². The molecule has 5 heteroatoms. The summed E-state index contributed by atoms with van der Waals surface area (Å²) in [5.74, 6) is 1.11. The Morgan fingerprint density at radius 3 is 2.11 bits per heavy atom. The molecule has 3 rings (SSSR count). The molecule has 35 heavy (non-hydrogen) atoms. The molecule has 0 aliphatic carbocycles. The summed E-state index contributed by atoms with van der Waals surface area (Å²) in [7, 11) is 0. The molecule has 0 heterocycles. The third-order valence-corrected chi connectivity index (χ3v) is 5.51. The number of ether oxygens (including phenoxy) is 3. The highest BCUT2D eigenvalue weighted by Gasteiger charge is 2.04. The van der Waals surface area contributed by atoms with Gasteiger partial charge in [-0.15, -0.1) is 0 Å². The van der Waals surface area contributed by atoms with Crippen molar-refractivity contribution in [1.82, 2.24) is 0 Å². The zero-order valence-corrected chi connectivity index (χ0v) is 19.9. The molecule has 3 aromatic rings. The molecule has 0 atom stereocenters. The third-order valence-electron chi connectivity index (χ3n) is 5.51. The highest BCUT2D eigenvalue weighted by atomic mass is 16.5. The Kier molecular flexibility index (Phi) is 10.4. The smallest absolute Gasteiger partial charge is 0.330 e. The summed E-state index contributed by atoms with van der Waals surface area (Å²) in [6.45, 7) is 4.94. The number of carbonyl (C=O) groups is 1. The van der Waals surface area contributed by atoms with E-state index in [1.807, 2.05) is 42.5 Å². The minimum Gasteiger partial charge on any atom is -0.494 e. The summed E-state index contributed by atoms with van der Waals surface area (Å²) < 4.78 is 16.6. The van der Waals surface area contributed by atoms with Gasteiger partial charge in [0.05, 0.1) is 18.8 Å². The van der Waals surface area contributed by atoms with Gasteiger partial charge in [0.25, 0.3) is 0 Å². The van der Waals surface area contributed by atoms with Crippen molar-refractivity contribution in [1.29, 1.82) is 5.26 Å². The Bertz CT molecular complexity index is 1110. The second-order valence-electron chi connectivity index (χ2n) is 8.11. The second kappa shape index (κ2) is 14.3. The van der Waals surface area contributed by atoms with Crippen molar-refractivity contribution in [2.75, 3.05) is 13.2 Å². The highest BCUT2D eigenvalue weighted by Crippen LogP contribution is 2.24. The first-order valence-corrected chi connectivity index (χ1v) is 11.9. The summed E-state index contributed by atoms with van der Waals surface area (Å²) >= 11 is 0. The molecule has 0 N–H and O–H groups in total. The minimum absolute atomic E-state index is 0.356. The van der Waals surface area contributed by atoms with Gasteiger partial charge in [0.1, 0.15) is 24.2 Å². The summed E-state index contributed by atoms with van der Waals surface area (Å²) in [4.78, 5) is 11.0. The van der Waals surface area contributed by atoms with Crippen molar-refractivity contribution in [3.05, 3.63) is 96.6 Å². The second-order valence-corrected chi connectivity index (χ2v) is 8.11. The van der Waals surface area contributed by atoms with Crippen LogP contribution in [0, 0.1) is 11.3 Å². The molecule has 0 aliphatic rings. The highest BCUT2D eigenvalue weighted by molar-refractivity contribution is 5.81. The van der Waals surface area contributed by atoms with Gasteiger partial charge in [0.2, 0.25) is 0 Å². The molecule has 180 valence electrons. The van der Waals surface area contributed by atoms with Gasteiger partial charge < -0.3 is 14.2 Å². The van der Waals surface area contributed by atoms with Gasteiger partial charge in [-0.1, -0.05) is 74.4 Å². The molecule has 0 spiro atoms. The molecule has 3 aromatic carbocycles. The quantitative estimate of drug-likeness (QED) is 0.146. The van der Waals surface area contributed by atoms with E-state index in [1.54, 1.807) is 6.07 Å². The van der Waals surface area contributed by atoms with Crippen molar-refractivity contribution in [3.63, 3.8) is 0 Å². The monoisotopic (exact) mass is 469 g/mol. The van der Waals surface area contributed by atoms with Crippen LogP contribution in [0.3, 0.4) is 0 Å². The van der Waals surface area contributed by atoms with E-state index in [2.05, 4.69) is 36.9 Å². The molecule has 0 unspecified atom stereocenters. The summed E-state index contributed by atoms with van der Waals surface area (Å²) in [6, 6.07) is 25.7. The van der Waals surface area contributed by atoms with E-state index < -0.39 is 0 Å². The van der Waals surface area contributed by atoms with Crippen molar-refractivity contribution in [2.24, 2.45) is 0 Å². The zero-order valence-electron chi connectivity index (χ0n) is 19.9. The van der Waals surface area contributed by atoms with Crippen LogP contribution in [0.25, 0.3) is 11.1 Å². The van der Waals surface area contributed by atoms with Crippen LogP contribution in [-0.2, 0) is 16.1 Å². The normalized spacial score (nSPS) is 10.3. The Morgan fingerprint density at radius 2 is 1.43 bits per heavy atom. The van der Waals surface area contributed by atoms with Crippen LogP contribution < -0.4 is 9.47 Å². The van der Waals surface area contributed by atoms with Crippen LogP contribution in [0.15, 0.2) is 85.5 Å². The molecular weight excluding hydrogens is 438 g/mol. The lowest BCUT2D eigenvalue weighted by Gasteiger charge is -2.09. The Labute approximate surface area is 207 Å². The number of hydrogen-bond acceptors (Lipinski definition) is 5. The maximum atomic E-state index is 11.0. The first-order valence-electron chi connectivity index (χ1n) is 11.9. The van der Waals surface area contributed by atoms with E-state index >= 15 is 0 Å². The lowest BCUT2D eigenvalue weighted by atomic mass is 10.0. The first-order chi connectivity index (χ1) is 17.2. The number of nitriles is 1. The number of rotatable bonds is 14. The van der Waals surface area contributed by atoms with Crippen LogP contribution in [0.2, 0.25) is 0 Å². The number of nitrogens with zero attached hydrogens (tertiary/aromatic N) is 1. The third kappa shape index (κ3) is 8.68. The number of benzene rings is 3. The molecule has 0 bridgehead atoms. The fraction of sp³-hybridized carbons (Fsp3) is 0.267. The Balaban J connectivity index is 1.36. The fourth-order valence-corrected chi connectivity index (χ4v) is 3.54. The van der Waals surface area contributed by atoms with Gasteiger partial charge in [-0.2, -0.15) is 5.26 Å². The molecule has 0 saturated carbocycles. The lowest BCUT2D eigenvalue weighted by molar-refractivity contribution is -0.137. The topological polar surface area (TPSA) is 68.6 Å². The maximum Gasteiger partial charge on any atom is 0.330 e. The maximum absolute atomic E-state index is 11.0. The average molecular weight is 470 g/mol. The Morgan fingerprint density at radius 1 is 0.800 bits per heavy atom. The summed E-state index contributed by atoms with van der Waals surface area (Å²) in [6.07, 6.45) is 6.29. The van der Waals surface area contributed by atoms with E-state index in [1.165, 1.54) is 6.08 Å². The van der Waals surface area contributed by atoms with Crippen LogP contribution >= 0.6 is 0 Å². The van der Waals surface area contributed by atoms with E-state index in [0.29, 0.717) is 31.1 Å². The van der Waals surface area contributed by atoms with E-state index in [-0.39, 0.29) is 5.97 Å². The van der Waals surface area contributed by atoms with Gasteiger partial charge >= 0.3 is 5.97 Å². The van der Waals surface area contributed by atoms with Gasteiger partial charge in [0, 0.05) is 6.08 Å². The average Bonchev–Trinajstić information content (AvgIpc) is 2.91. The van der Waals surface area contributed by atoms with Crippen molar-refractivity contribution < 1.29 is 19.0 Å². The zero-order chi connectivity index (χ0) is 24.7. The van der Waals surface area contributed by atoms with Crippen LogP contribution in [0.4, 0.5) is 0 Å². The van der Waals surface area contributed by atoms with Crippen molar-refractivity contribution >= 4 is 5.97 Å². The lowest BCUT2D eigenvalue weighted by Crippen LogP contribution is -2.01. The minimum atomic E-state index is -0.356. The molecular formula is C30H31NO4. The van der Waals surface area contributed by atoms with E-state index in [9.17, 15) is 10.1 Å². The van der Waals surface area contributed by atoms with Gasteiger partial charge in [0.15, 0.2) is 0 Å². The SMILES string of the molecule is C=CC(=O)OCCCCCCCOc1ccc(-c2ccc(COc3ccccc3C#N)cc2)cc1. The molecule has 0 amide bonds. The number of unbranched alkanes of at least 4 members (excludes halogenated alkanes) is 4. The van der Waals surface area contributed by atoms with Crippen LogP contribution in [-0.4, -0.2) is 19.2 Å². The number of esters is 1. The van der Waals surface area contributed by atoms with Crippen molar-refractivity contribution in [2.45, 2.75) is 38.7 Å². The van der Waals surface area contributed by atoms with Crippen molar-refractivity contribution in [3.8, 4) is 28.7 Å². The standard InChI is InChI=1S/C30H31NO4/c1-2-30(32)34-21-9-5-3-4-8-20-33-28-18-16-26(17-19-28)25-14-12-24(13-15-25)23-35-29-11-7-6-10-27(29)22-31/h2,6-7,10-19H,1,3-5,8-9,20-21,23H2. The van der Waals surface area contributed by atoms with Gasteiger partial charge in [-0.25, -0.2) is 4.79 Å². The number of carbonyl (C=O) groups excluding carboxylic acids is 1. The Hall–Kier alpha value is -4.04. The van der Waals surface area contributed by atoms with Gasteiger partial charge in [-0.05, 0) is 53.8 Å². The van der Waals surface area contributed by atoms with E-state index in [0.717, 1.165) is 54.5 Å². The summed E-state index contributed by atoms with van der Waals surface area (Å²) in [5.41, 5.74) is 3.82. The predicted octanol–water partition coefficient (Wildman–Crippen LogP) is 6.86. The van der Waals surface area contributed by atoms with Gasteiger partial charge in [-0.3, -0.25) is 0 Å². The number of hydrogen-bond donors (Lipinski definition) is 0. The molecule has 5 nitrogen and oxygen atoms in total. The summed E-state index contributed by atoms with van der Waals surface area (Å²) in [5, 5.41) is 9.17. The fourth-order valence-electron chi connectivity index (χ4n) is 3.54. The molecule has 0 aromatic heterocycles. The molecule has 0 saturated heterocycles. The predicted molar refractivity (Wildman–Crippen MR) is 137 cm³/mol. The molecule has 0 aliphatic heterocycles. The number of para-hydroxylation sites is 1.